The van der Waals surface area contributed by atoms with Crippen LogP contribution < -0.4 is 0 Å². The standard InChI is InChI=1S/C19H16N2.C7H10.C2H5Cl/c1-3-7-16-12(4-2)14-10-15-13-8-5-6-9-17(13)21-19(15)11-18(14)20-16;1-3-5-7-6-4-2;1-2-3/h3-11,20-21H,2H2,1H3;3-7H,1H2,2H3;2H2,1H3/b7-3-;6-4-,7-5-;. The van der Waals surface area contributed by atoms with Crippen LogP contribution in [0.5, 0.6) is 0 Å². The fraction of sp³-hybridized carbons (Fsp3) is 0.143. The van der Waals surface area contributed by atoms with Gasteiger partial charge in [0.15, 0.2) is 0 Å². The predicted molar refractivity (Wildman–Crippen MR) is 143 cm³/mol. The Bertz CT molecular complexity index is 1230. The van der Waals surface area contributed by atoms with Crippen molar-refractivity contribution in [3.63, 3.8) is 0 Å². The van der Waals surface area contributed by atoms with E-state index in [4.69, 9.17) is 11.6 Å². The van der Waals surface area contributed by atoms with Crippen molar-refractivity contribution in [3.05, 3.63) is 97.3 Å². The van der Waals surface area contributed by atoms with E-state index in [1.165, 1.54) is 21.7 Å². The molecular formula is C28H31ClN2. The van der Waals surface area contributed by atoms with Gasteiger partial charge in [-0.25, -0.2) is 0 Å². The molecule has 2 aromatic carbocycles. The van der Waals surface area contributed by atoms with Crippen LogP contribution in [0, 0.1) is 0 Å². The molecule has 2 N–H and O–H groups in total. The van der Waals surface area contributed by atoms with Gasteiger partial charge in [-0.15, -0.1) is 11.6 Å². The van der Waals surface area contributed by atoms with E-state index in [0.717, 1.165) is 28.2 Å². The summed E-state index contributed by atoms with van der Waals surface area (Å²) in [6.07, 6.45) is 15.6. The predicted octanol–water partition coefficient (Wildman–Crippen LogP) is 9.03. The molecule has 0 fully saturated rings. The smallest absolute Gasteiger partial charge is 0.0486 e. The molecule has 3 heteroatoms. The maximum Gasteiger partial charge on any atom is 0.0486 e. The molecule has 160 valence electrons. The normalized spacial score (nSPS) is 11.2. The first-order chi connectivity index (χ1) is 15.1. The van der Waals surface area contributed by atoms with E-state index in [-0.39, 0.29) is 0 Å². The van der Waals surface area contributed by atoms with E-state index in [9.17, 15) is 0 Å². The molecule has 0 atom stereocenters. The van der Waals surface area contributed by atoms with Gasteiger partial charge < -0.3 is 9.97 Å². The Hall–Kier alpha value is -3.23. The molecule has 0 saturated heterocycles. The number of halogens is 1. The van der Waals surface area contributed by atoms with Crippen molar-refractivity contribution in [3.8, 4) is 0 Å². The summed E-state index contributed by atoms with van der Waals surface area (Å²) in [6, 6.07) is 12.9. The van der Waals surface area contributed by atoms with E-state index in [1.54, 1.807) is 6.08 Å². The number of fused-ring (bicyclic) bond motifs is 4. The van der Waals surface area contributed by atoms with Gasteiger partial charge in [-0.2, -0.15) is 0 Å². The van der Waals surface area contributed by atoms with Gasteiger partial charge in [0.05, 0.1) is 0 Å². The van der Waals surface area contributed by atoms with Crippen LogP contribution in [0.1, 0.15) is 32.0 Å². The van der Waals surface area contributed by atoms with Crippen LogP contribution in [-0.4, -0.2) is 15.8 Å². The Morgan fingerprint density at radius 1 is 0.839 bits per heavy atom. The fourth-order valence-electron chi connectivity index (χ4n) is 3.35. The van der Waals surface area contributed by atoms with Gasteiger partial charge in [0, 0.05) is 49.8 Å². The first-order valence-electron chi connectivity index (χ1n) is 10.4. The summed E-state index contributed by atoms with van der Waals surface area (Å²) in [6.45, 7) is 13.4. The van der Waals surface area contributed by atoms with E-state index in [1.807, 2.05) is 57.2 Å². The number of alkyl halides is 1. The number of hydrogen-bond donors (Lipinski definition) is 2. The third-order valence-corrected chi connectivity index (χ3v) is 4.58. The van der Waals surface area contributed by atoms with Gasteiger partial charge in [0.1, 0.15) is 0 Å². The van der Waals surface area contributed by atoms with Crippen molar-refractivity contribution in [1.82, 2.24) is 9.97 Å². The maximum atomic E-state index is 5.00. The van der Waals surface area contributed by atoms with E-state index in [0.29, 0.717) is 0 Å². The quantitative estimate of drug-likeness (QED) is 0.239. The van der Waals surface area contributed by atoms with Crippen LogP contribution in [0.15, 0.2) is 86.0 Å². The van der Waals surface area contributed by atoms with Crippen LogP contribution >= 0.6 is 11.6 Å². The molecule has 4 aromatic rings. The zero-order valence-electron chi connectivity index (χ0n) is 18.6. The summed E-state index contributed by atoms with van der Waals surface area (Å²) < 4.78 is 0. The molecule has 0 aliphatic carbocycles. The summed E-state index contributed by atoms with van der Waals surface area (Å²) >= 11 is 5.00. The highest BCUT2D eigenvalue weighted by Crippen LogP contribution is 2.32. The Labute approximate surface area is 190 Å². The first-order valence-corrected chi connectivity index (χ1v) is 11.0. The molecular weight excluding hydrogens is 400 g/mol. The maximum absolute atomic E-state index is 5.00. The van der Waals surface area contributed by atoms with Crippen LogP contribution in [0.25, 0.3) is 44.9 Å². The lowest BCUT2D eigenvalue weighted by Gasteiger charge is -1.95. The Morgan fingerprint density at radius 3 is 2.19 bits per heavy atom. The molecule has 0 bridgehead atoms. The lowest BCUT2D eigenvalue weighted by molar-refractivity contribution is 1.42. The third kappa shape index (κ3) is 5.90. The van der Waals surface area contributed by atoms with Gasteiger partial charge >= 0.3 is 0 Å². The Balaban J connectivity index is 0.000000290. The zero-order chi connectivity index (χ0) is 22.6. The SMILES string of the molecule is C=C/C=C\C=C/C.C=Cc1c(/C=C\C)[nH]c2cc3[nH]c4ccccc4c3cc12.CCCl. The highest BCUT2D eigenvalue weighted by atomic mass is 35.5. The molecule has 0 saturated carbocycles. The molecule has 0 radical (unpaired) electrons. The number of benzene rings is 2. The molecule has 4 rings (SSSR count). The number of hydrogen-bond acceptors (Lipinski definition) is 0. The van der Waals surface area contributed by atoms with E-state index in [2.05, 4.69) is 65.6 Å². The molecule has 2 nitrogen and oxygen atoms in total. The summed E-state index contributed by atoms with van der Waals surface area (Å²) in [5.74, 6) is 0.722. The van der Waals surface area contributed by atoms with Crippen molar-refractivity contribution in [2.45, 2.75) is 20.8 Å². The van der Waals surface area contributed by atoms with Gasteiger partial charge in [-0.1, -0.05) is 80.8 Å². The van der Waals surface area contributed by atoms with Crippen molar-refractivity contribution >= 4 is 56.5 Å². The topological polar surface area (TPSA) is 31.6 Å². The summed E-state index contributed by atoms with van der Waals surface area (Å²) in [4.78, 5) is 6.96. The zero-order valence-corrected chi connectivity index (χ0v) is 19.3. The molecule has 2 heterocycles. The minimum absolute atomic E-state index is 0.722. The minimum Gasteiger partial charge on any atom is -0.354 e. The van der Waals surface area contributed by atoms with Gasteiger partial charge in [-0.05, 0) is 38.1 Å². The lowest BCUT2D eigenvalue weighted by atomic mass is 10.1. The summed E-state index contributed by atoms with van der Waals surface area (Å²) in [5.41, 5.74) is 5.74. The number of aromatic amines is 2. The Kier molecular flexibility index (Phi) is 9.67. The van der Waals surface area contributed by atoms with Crippen LogP contribution in [0.4, 0.5) is 0 Å². The van der Waals surface area contributed by atoms with Gasteiger partial charge in [-0.3, -0.25) is 0 Å². The molecule has 31 heavy (non-hydrogen) atoms. The molecule has 0 spiro atoms. The average Bonchev–Trinajstić information content (AvgIpc) is 3.30. The average molecular weight is 431 g/mol. The number of para-hydroxylation sites is 1. The highest BCUT2D eigenvalue weighted by Gasteiger charge is 2.11. The highest BCUT2D eigenvalue weighted by molar-refractivity contribution is 6.17. The molecule has 0 aliphatic heterocycles. The van der Waals surface area contributed by atoms with Crippen molar-refractivity contribution in [2.75, 3.05) is 5.88 Å². The second kappa shape index (κ2) is 12.5. The van der Waals surface area contributed by atoms with Crippen molar-refractivity contribution < 1.29 is 0 Å². The number of rotatable bonds is 4. The molecule has 2 aromatic heterocycles. The number of allylic oxidation sites excluding steroid dienone is 6. The van der Waals surface area contributed by atoms with E-state index < -0.39 is 0 Å². The summed E-state index contributed by atoms with van der Waals surface area (Å²) in [5, 5.41) is 3.74. The number of H-pyrrole nitrogens is 2. The number of aromatic nitrogens is 2. The van der Waals surface area contributed by atoms with Crippen molar-refractivity contribution in [2.24, 2.45) is 0 Å². The van der Waals surface area contributed by atoms with Crippen LogP contribution in [0.3, 0.4) is 0 Å². The third-order valence-electron chi connectivity index (χ3n) is 4.58. The Morgan fingerprint density at radius 2 is 1.55 bits per heavy atom. The summed E-state index contributed by atoms with van der Waals surface area (Å²) in [7, 11) is 0. The van der Waals surface area contributed by atoms with E-state index >= 15 is 0 Å². The van der Waals surface area contributed by atoms with Crippen LogP contribution in [0.2, 0.25) is 0 Å². The largest absolute Gasteiger partial charge is 0.354 e. The minimum atomic E-state index is 0.722. The number of nitrogens with one attached hydrogen (secondary N) is 2. The van der Waals surface area contributed by atoms with Crippen molar-refractivity contribution in [1.29, 1.82) is 0 Å². The fourth-order valence-corrected chi connectivity index (χ4v) is 3.35. The van der Waals surface area contributed by atoms with Gasteiger partial charge in [0.2, 0.25) is 0 Å². The lowest BCUT2D eigenvalue weighted by Crippen LogP contribution is -1.73. The van der Waals surface area contributed by atoms with Crippen LogP contribution in [-0.2, 0) is 0 Å². The monoisotopic (exact) mass is 430 g/mol. The molecule has 0 aliphatic rings. The second-order valence-corrected chi connectivity index (χ2v) is 7.22. The second-order valence-electron chi connectivity index (χ2n) is 6.68. The molecule has 0 unspecified atom stereocenters. The molecule has 0 amide bonds. The van der Waals surface area contributed by atoms with Gasteiger partial charge in [0.25, 0.3) is 0 Å². The first kappa shape index (κ1) is 24.0.